The van der Waals surface area contributed by atoms with E-state index in [0.29, 0.717) is 5.56 Å². The van der Waals surface area contributed by atoms with E-state index in [-0.39, 0.29) is 41.6 Å². The van der Waals surface area contributed by atoms with Gasteiger partial charge in [-0.15, -0.1) is 0 Å². The summed E-state index contributed by atoms with van der Waals surface area (Å²) in [4.78, 5) is 25.6. The van der Waals surface area contributed by atoms with Crippen LogP contribution in [0.5, 0.6) is 0 Å². The third-order valence-corrected chi connectivity index (χ3v) is 3.00. The summed E-state index contributed by atoms with van der Waals surface area (Å²) in [5, 5.41) is 8.82. The molecule has 0 aliphatic carbocycles. The number of aromatic nitrogens is 3. The monoisotopic (exact) mass is 308 g/mol. The van der Waals surface area contributed by atoms with Crippen LogP contribution >= 0.6 is 12.2 Å². The molecule has 1 heterocycles. The Morgan fingerprint density at radius 1 is 1.38 bits per heavy atom. The number of benzene rings is 1. The van der Waals surface area contributed by atoms with Gasteiger partial charge in [0.15, 0.2) is 4.77 Å². The summed E-state index contributed by atoms with van der Waals surface area (Å²) >= 11 is 4.71. The number of rotatable bonds is 5. The van der Waals surface area contributed by atoms with Gasteiger partial charge in [-0.1, -0.05) is 18.2 Å². The summed E-state index contributed by atoms with van der Waals surface area (Å²) in [5.74, 6) is -0.659. The lowest BCUT2D eigenvalue weighted by molar-refractivity contribution is -0.121. The van der Waals surface area contributed by atoms with Crippen LogP contribution in [0.3, 0.4) is 0 Å². The predicted octanol–water partition coefficient (Wildman–Crippen LogP) is 1.22. The van der Waals surface area contributed by atoms with Crippen molar-refractivity contribution in [1.82, 2.24) is 20.5 Å². The lowest BCUT2D eigenvalue weighted by Gasteiger charge is -2.05. The van der Waals surface area contributed by atoms with E-state index in [1.54, 1.807) is 18.2 Å². The van der Waals surface area contributed by atoms with Gasteiger partial charge in [0.05, 0.1) is 0 Å². The highest BCUT2D eigenvalue weighted by Crippen LogP contribution is 2.05. The molecule has 6 nitrogen and oxygen atoms in total. The van der Waals surface area contributed by atoms with Gasteiger partial charge in [-0.25, -0.2) is 4.39 Å². The zero-order valence-electron chi connectivity index (χ0n) is 11.0. The van der Waals surface area contributed by atoms with Crippen molar-refractivity contribution in [2.24, 2.45) is 0 Å². The lowest BCUT2D eigenvalue weighted by atomic mass is 10.2. The highest BCUT2D eigenvalue weighted by atomic mass is 32.1. The molecule has 2 rings (SSSR count). The third kappa shape index (κ3) is 4.32. The fraction of sp³-hybridized carbons (Fsp3) is 0.231. The van der Waals surface area contributed by atoms with E-state index in [1.807, 2.05) is 0 Å². The number of halogens is 1. The van der Waals surface area contributed by atoms with Crippen LogP contribution in [0.4, 0.5) is 4.39 Å². The molecule has 0 unspecified atom stereocenters. The number of aromatic amines is 2. The highest BCUT2D eigenvalue weighted by molar-refractivity contribution is 7.71. The molecule has 0 aliphatic heterocycles. The van der Waals surface area contributed by atoms with E-state index in [4.69, 9.17) is 12.2 Å². The van der Waals surface area contributed by atoms with E-state index in [2.05, 4.69) is 20.5 Å². The van der Waals surface area contributed by atoms with Gasteiger partial charge in [-0.3, -0.25) is 19.7 Å². The molecular weight excluding hydrogens is 295 g/mol. The van der Waals surface area contributed by atoms with Crippen LogP contribution < -0.4 is 10.9 Å². The van der Waals surface area contributed by atoms with Gasteiger partial charge in [0.1, 0.15) is 11.5 Å². The van der Waals surface area contributed by atoms with E-state index in [1.165, 1.54) is 6.07 Å². The van der Waals surface area contributed by atoms with Crippen molar-refractivity contribution < 1.29 is 9.18 Å². The molecular formula is C13H13FN4O2S. The Kier molecular flexibility index (Phi) is 4.94. The minimum atomic E-state index is -0.416. The zero-order valence-corrected chi connectivity index (χ0v) is 11.8. The van der Waals surface area contributed by atoms with Crippen LogP contribution in [0.2, 0.25) is 0 Å². The van der Waals surface area contributed by atoms with Crippen LogP contribution in [0, 0.1) is 10.6 Å². The standard InChI is InChI=1S/C13H13FN4O2S/c14-9-4-2-1-3-8(9)7-15-11(19)6-5-10-12(20)16-13(21)18-17-10/h1-4H,5-7H2,(H,15,19)(H2,16,18,20,21). The second kappa shape index (κ2) is 6.89. The summed E-state index contributed by atoms with van der Waals surface area (Å²) in [5.41, 5.74) is 0.191. The maximum atomic E-state index is 13.4. The molecule has 0 bridgehead atoms. The first-order chi connectivity index (χ1) is 10.1. The Morgan fingerprint density at radius 3 is 2.86 bits per heavy atom. The van der Waals surface area contributed by atoms with Crippen molar-refractivity contribution in [3.63, 3.8) is 0 Å². The number of carbonyl (C=O) groups is 1. The van der Waals surface area contributed by atoms with Crippen LogP contribution in [-0.2, 0) is 17.8 Å². The third-order valence-electron chi connectivity index (χ3n) is 2.80. The Hall–Kier alpha value is -2.35. The summed E-state index contributed by atoms with van der Waals surface area (Å²) in [6.45, 7) is 0.104. The minimum absolute atomic E-state index is 0.0785. The molecule has 1 amide bonds. The van der Waals surface area contributed by atoms with Crippen LogP contribution in [0.25, 0.3) is 0 Å². The Labute approximate surface area is 124 Å². The van der Waals surface area contributed by atoms with E-state index in [9.17, 15) is 14.0 Å². The summed E-state index contributed by atoms with van der Waals surface area (Å²) in [6, 6.07) is 6.20. The van der Waals surface area contributed by atoms with Gasteiger partial charge in [-0.2, -0.15) is 5.10 Å². The van der Waals surface area contributed by atoms with Gasteiger partial charge < -0.3 is 5.32 Å². The second-order valence-corrected chi connectivity index (χ2v) is 4.73. The van der Waals surface area contributed by atoms with Gasteiger partial charge in [0.2, 0.25) is 5.91 Å². The summed E-state index contributed by atoms with van der Waals surface area (Å²) in [7, 11) is 0. The molecule has 1 aromatic carbocycles. The number of nitrogens with one attached hydrogen (secondary N) is 3. The van der Waals surface area contributed by atoms with Crippen molar-refractivity contribution in [3.05, 3.63) is 56.5 Å². The number of aryl methyl sites for hydroxylation is 1. The van der Waals surface area contributed by atoms with Crippen molar-refractivity contribution in [2.75, 3.05) is 0 Å². The zero-order chi connectivity index (χ0) is 15.2. The Balaban J connectivity index is 1.87. The Morgan fingerprint density at radius 2 is 2.14 bits per heavy atom. The summed E-state index contributed by atoms with van der Waals surface area (Å²) < 4.78 is 13.5. The number of hydrogen-bond donors (Lipinski definition) is 3. The van der Waals surface area contributed by atoms with Crippen LogP contribution in [0.1, 0.15) is 17.7 Å². The average molecular weight is 308 g/mol. The van der Waals surface area contributed by atoms with Gasteiger partial charge in [0.25, 0.3) is 5.56 Å². The van der Waals surface area contributed by atoms with Crippen molar-refractivity contribution in [3.8, 4) is 0 Å². The smallest absolute Gasteiger partial charge is 0.273 e. The summed E-state index contributed by atoms with van der Waals surface area (Å²) in [6.07, 6.45) is 0.250. The molecule has 0 atom stereocenters. The fourth-order valence-corrected chi connectivity index (χ4v) is 1.84. The first kappa shape index (κ1) is 15.0. The fourth-order valence-electron chi connectivity index (χ4n) is 1.70. The van der Waals surface area contributed by atoms with Crippen molar-refractivity contribution >= 4 is 18.1 Å². The first-order valence-corrected chi connectivity index (χ1v) is 6.65. The Bertz CT molecular complexity index is 756. The van der Waals surface area contributed by atoms with Gasteiger partial charge in [0, 0.05) is 24.9 Å². The number of amides is 1. The molecule has 0 saturated heterocycles. The molecule has 110 valence electrons. The number of H-pyrrole nitrogens is 2. The number of nitrogens with zero attached hydrogens (tertiary/aromatic N) is 1. The van der Waals surface area contributed by atoms with Crippen molar-refractivity contribution in [1.29, 1.82) is 0 Å². The first-order valence-electron chi connectivity index (χ1n) is 6.24. The minimum Gasteiger partial charge on any atom is -0.352 e. The van der Waals surface area contributed by atoms with E-state index in [0.717, 1.165) is 0 Å². The van der Waals surface area contributed by atoms with E-state index < -0.39 is 5.56 Å². The largest absolute Gasteiger partial charge is 0.352 e. The molecule has 8 heteroatoms. The highest BCUT2D eigenvalue weighted by Gasteiger charge is 2.07. The molecule has 0 saturated carbocycles. The molecule has 0 radical (unpaired) electrons. The second-order valence-electron chi connectivity index (χ2n) is 4.32. The van der Waals surface area contributed by atoms with E-state index >= 15 is 0 Å². The predicted molar refractivity (Wildman–Crippen MR) is 76.6 cm³/mol. The molecule has 0 fully saturated rings. The topological polar surface area (TPSA) is 90.6 Å². The van der Waals surface area contributed by atoms with Gasteiger partial charge >= 0.3 is 0 Å². The maximum Gasteiger partial charge on any atom is 0.273 e. The molecule has 0 spiro atoms. The SMILES string of the molecule is O=C(CCc1n[nH]c(=S)[nH]c1=O)NCc1ccccc1F. The van der Waals surface area contributed by atoms with Gasteiger partial charge in [-0.05, 0) is 18.3 Å². The molecule has 3 N–H and O–H groups in total. The van der Waals surface area contributed by atoms with Crippen molar-refractivity contribution in [2.45, 2.75) is 19.4 Å². The molecule has 1 aromatic heterocycles. The maximum absolute atomic E-state index is 13.4. The molecule has 2 aromatic rings. The van der Waals surface area contributed by atoms with Crippen LogP contribution in [0.15, 0.2) is 29.1 Å². The quantitative estimate of drug-likeness (QED) is 0.724. The number of carbonyl (C=O) groups excluding carboxylic acids is 1. The number of hydrogen-bond acceptors (Lipinski definition) is 4. The normalized spacial score (nSPS) is 10.3. The lowest BCUT2D eigenvalue weighted by Crippen LogP contribution is -2.25. The molecule has 0 aliphatic rings. The average Bonchev–Trinajstić information content (AvgIpc) is 2.45. The molecule has 21 heavy (non-hydrogen) atoms. The van der Waals surface area contributed by atoms with Crippen LogP contribution in [-0.4, -0.2) is 21.1 Å².